The van der Waals surface area contributed by atoms with Crippen molar-refractivity contribution in [3.05, 3.63) is 42.0 Å². The Hall–Kier alpha value is -2.07. The molecule has 0 saturated carbocycles. The Morgan fingerprint density at radius 2 is 1.46 bits per heavy atom. The first-order valence-electron chi connectivity index (χ1n) is 9.61. The highest BCUT2D eigenvalue weighted by Gasteiger charge is 2.35. The molecule has 2 aromatic rings. The highest BCUT2D eigenvalue weighted by atomic mass is 16.3. The van der Waals surface area contributed by atoms with Crippen molar-refractivity contribution in [3.8, 4) is 5.75 Å². The van der Waals surface area contributed by atoms with Gasteiger partial charge in [-0.3, -0.25) is 4.79 Å². The van der Waals surface area contributed by atoms with Crippen molar-refractivity contribution in [2.75, 3.05) is 39.3 Å². The van der Waals surface area contributed by atoms with E-state index >= 15 is 0 Å². The number of aromatic hydroxyl groups is 1. The van der Waals surface area contributed by atoms with Crippen molar-refractivity contribution in [2.24, 2.45) is 28.9 Å². The van der Waals surface area contributed by atoms with E-state index in [0.29, 0.717) is 31.6 Å². The van der Waals surface area contributed by atoms with Crippen LogP contribution in [0.15, 0.2) is 36.4 Å². The quantitative estimate of drug-likeness (QED) is 0.230. The van der Waals surface area contributed by atoms with Crippen molar-refractivity contribution >= 4 is 16.6 Å². The van der Waals surface area contributed by atoms with Crippen LogP contribution in [0.2, 0.25) is 0 Å². The molecule has 2 rings (SSSR count). The van der Waals surface area contributed by atoms with E-state index in [-0.39, 0.29) is 42.3 Å². The van der Waals surface area contributed by atoms with Crippen molar-refractivity contribution in [1.29, 1.82) is 0 Å². The van der Waals surface area contributed by atoms with Gasteiger partial charge in [0.1, 0.15) is 5.75 Å². The summed E-state index contributed by atoms with van der Waals surface area (Å²) in [7, 11) is 0. The molecule has 0 fully saturated rings. The number of carbonyl (C=O) groups is 1. The number of fused-ring (bicyclic) bond motifs is 1. The van der Waals surface area contributed by atoms with E-state index in [1.165, 1.54) is 0 Å². The predicted molar refractivity (Wildman–Crippen MR) is 113 cm³/mol. The number of hydrogen-bond acceptors (Lipinski definition) is 8. The molecule has 8 heteroatoms. The number of phenols is 1. The molecule has 0 amide bonds. The molecule has 0 saturated heterocycles. The maximum atomic E-state index is 13.5. The lowest BCUT2D eigenvalue weighted by Crippen LogP contribution is -2.57. The van der Waals surface area contributed by atoms with Gasteiger partial charge >= 0.3 is 0 Å². The van der Waals surface area contributed by atoms with Crippen LogP contribution >= 0.6 is 0 Å². The second kappa shape index (κ2) is 11.1. The van der Waals surface area contributed by atoms with Gasteiger partial charge in [-0.15, -0.1) is 0 Å². The van der Waals surface area contributed by atoms with Crippen LogP contribution in [0.3, 0.4) is 0 Å². The number of nitrogens with one attached hydrogen (secondary N) is 2. The molecule has 154 valence electrons. The molecular formula is C20H32N6O2. The molecule has 2 aromatic carbocycles. The van der Waals surface area contributed by atoms with E-state index in [1.54, 1.807) is 12.1 Å². The summed E-state index contributed by atoms with van der Waals surface area (Å²) >= 11 is 0. The molecule has 0 bridgehead atoms. The first kappa shape index (κ1) is 22.2. The fourth-order valence-electron chi connectivity index (χ4n) is 3.53. The van der Waals surface area contributed by atoms with Crippen LogP contribution in [0.4, 0.5) is 0 Å². The Balaban J connectivity index is 2.45. The molecular weight excluding hydrogens is 356 g/mol. The lowest BCUT2D eigenvalue weighted by Gasteiger charge is -2.33. The fraction of sp³-hybridized carbons (Fsp3) is 0.450. The second-order valence-electron chi connectivity index (χ2n) is 6.74. The van der Waals surface area contributed by atoms with Crippen LogP contribution in [-0.2, 0) is 0 Å². The third-order valence-electron chi connectivity index (χ3n) is 4.95. The van der Waals surface area contributed by atoms with Crippen molar-refractivity contribution in [1.82, 2.24) is 10.6 Å². The Morgan fingerprint density at radius 3 is 2.00 bits per heavy atom. The summed E-state index contributed by atoms with van der Waals surface area (Å²) in [5, 5.41) is 18.7. The topological polar surface area (TPSA) is 165 Å². The summed E-state index contributed by atoms with van der Waals surface area (Å²) in [5.41, 5.74) is 23.4. The van der Waals surface area contributed by atoms with Crippen LogP contribution in [0, 0.1) is 5.92 Å². The molecule has 2 atom stereocenters. The zero-order valence-electron chi connectivity index (χ0n) is 16.1. The van der Waals surface area contributed by atoms with E-state index in [2.05, 4.69) is 10.6 Å². The van der Waals surface area contributed by atoms with Gasteiger partial charge in [-0.2, -0.15) is 0 Å². The minimum atomic E-state index is -0.583. The SMILES string of the molecule is NCCNC(CN)C(C(=O)c1ccc2ccccc2c1O)C(CN)NCCN. The average Bonchev–Trinajstić information content (AvgIpc) is 2.73. The van der Waals surface area contributed by atoms with E-state index in [0.717, 1.165) is 5.39 Å². The van der Waals surface area contributed by atoms with Gasteiger partial charge in [0.05, 0.1) is 11.5 Å². The monoisotopic (exact) mass is 388 g/mol. The first-order valence-corrected chi connectivity index (χ1v) is 9.61. The molecule has 0 heterocycles. The molecule has 11 N–H and O–H groups in total. The molecule has 0 aromatic heterocycles. The Kier molecular flexibility index (Phi) is 8.78. The average molecular weight is 389 g/mol. The zero-order valence-corrected chi connectivity index (χ0v) is 16.1. The van der Waals surface area contributed by atoms with Gasteiger partial charge in [0.25, 0.3) is 0 Å². The van der Waals surface area contributed by atoms with Gasteiger partial charge in [-0.1, -0.05) is 30.3 Å². The molecule has 0 radical (unpaired) electrons. The first-order chi connectivity index (χ1) is 13.6. The minimum absolute atomic E-state index is 0.0303. The highest BCUT2D eigenvalue weighted by molar-refractivity contribution is 6.06. The second-order valence-corrected chi connectivity index (χ2v) is 6.74. The van der Waals surface area contributed by atoms with E-state index in [4.69, 9.17) is 22.9 Å². The normalized spacial score (nSPS) is 14.7. The van der Waals surface area contributed by atoms with Crippen molar-refractivity contribution < 1.29 is 9.90 Å². The van der Waals surface area contributed by atoms with E-state index in [9.17, 15) is 9.90 Å². The van der Waals surface area contributed by atoms with E-state index < -0.39 is 5.92 Å². The zero-order chi connectivity index (χ0) is 20.5. The van der Waals surface area contributed by atoms with Gasteiger partial charge in [0.2, 0.25) is 0 Å². The number of carbonyl (C=O) groups excluding carboxylic acids is 1. The van der Waals surface area contributed by atoms with Crippen molar-refractivity contribution in [2.45, 2.75) is 12.1 Å². The number of phenolic OH excluding ortho intramolecular Hbond substituents is 1. The van der Waals surface area contributed by atoms with E-state index in [1.807, 2.05) is 24.3 Å². The third-order valence-corrected chi connectivity index (χ3v) is 4.95. The summed E-state index contributed by atoms with van der Waals surface area (Å²) in [4.78, 5) is 13.5. The van der Waals surface area contributed by atoms with Crippen LogP contribution in [0.1, 0.15) is 10.4 Å². The van der Waals surface area contributed by atoms with Gasteiger partial charge in [0, 0.05) is 56.7 Å². The number of nitrogens with two attached hydrogens (primary N) is 4. The maximum Gasteiger partial charge on any atom is 0.172 e. The van der Waals surface area contributed by atoms with Gasteiger partial charge < -0.3 is 38.7 Å². The highest BCUT2D eigenvalue weighted by Crippen LogP contribution is 2.31. The summed E-state index contributed by atoms with van der Waals surface area (Å²) in [6.07, 6.45) is 0. The predicted octanol–water partition coefficient (Wildman–Crippen LogP) is -0.904. The van der Waals surface area contributed by atoms with Gasteiger partial charge in [0.15, 0.2) is 5.78 Å². The largest absolute Gasteiger partial charge is 0.507 e. The summed E-state index contributed by atoms with van der Waals surface area (Å²) in [6, 6.07) is 10.2. The number of ketones is 1. The Morgan fingerprint density at radius 1 is 0.893 bits per heavy atom. The molecule has 2 unspecified atom stereocenters. The summed E-state index contributed by atoms with van der Waals surface area (Å²) in [5.74, 6) is -0.833. The minimum Gasteiger partial charge on any atom is -0.507 e. The number of hydrogen-bond donors (Lipinski definition) is 7. The molecule has 0 aliphatic rings. The van der Waals surface area contributed by atoms with Crippen LogP contribution in [-0.4, -0.2) is 62.2 Å². The van der Waals surface area contributed by atoms with Gasteiger partial charge in [-0.05, 0) is 11.5 Å². The summed E-state index contributed by atoms with van der Waals surface area (Å²) < 4.78 is 0. The van der Waals surface area contributed by atoms with Crippen molar-refractivity contribution in [3.63, 3.8) is 0 Å². The Labute approximate surface area is 165 Å². The maximum absolute atomic E-state index is 13.5. The molecule has 0 aliphatic carbocycles. The smallest absolute Gasteiger partial charge is 0.172 e. The lowest BCUT2D eigenvalue weighted by molar-refractivity contribution is 0.0851. The number of rotatable bonds is 12. The standard InChI is InChI=1S/C20H32N6O2/c21-7-9-25-16(11-23)18(17(12-24)26-10-8-22)20(28)15-6-5-13-3-1-2-4-14(13)19(15)27/h1-6,16-18,25-27H,7-12,21-24H2. The lowest BCUT2D eigenvalue weighted by atomic mass is 9.83. The molecule has 0 spiro atoms. The number of benzene rings is 2. The fourth-order valence-corrected chi connectivity index (χ4v) is 3.53. The molecule has 8 nitrogen and oxygen atoms in total. The molecule has 0 aliphatic heterocycles. The van der Waals surface area contributed by atoms with Crippen LogP contribution in [0.25, 0.3) is 10.8 Å². The molecule has 28 heavy (non-hydrogen) atoms. The van der Waals surface area contributed by atoms with Crippen LogP contribution in [0.5, 0.6) is 5.75 Å². The van der Waals surface area contributed by atoms with Gasteiger partial charge in [-0.25, -0.2) is 0 Å². The number of Topliss-reactive ketones (excluding diaryl/α,β-unsaturated/α-hetero) is 1. The third kappa shape index (κ3) is 5.05. The van der Waals surface area contributed by atoms with Crippen LogP contribution < -0.4 is 33.6 Å². The summed E-state index contributed by atoms with van der Waals surface area (Å²) in [6.45, 7) is 2.33. The Bertz CT molecular complexity index is 753.